The van der Waals surface area contributed by atoms with Gasteiger partial charge in [-0.1, -0.05) is 0 Å². The second kappa shape index (κ2) is 7.20. The average Bonchev–Trinajstić information content (AvgIpc) is 2.48. The molecule has 1 aliphatic carbocycles. The van der Waals surface area contributed by atoms with Gasteiger partial charge in [-0.3, -0.25) is 9.29 Å². The minimum Gasteiger partial charge on any atom is -0.333 e. The van der Waals surface area contributed by atoms with Gasteiger partial charge in [-0.2, -0.15) is 52.3 Å². The number of rotatable bonds is 7. The van der Waals surface area contributed by atoms with Crippen LogP contribution in [0.15, 0.2) is 0 Å². The average molecular weight is 544 g/mol. The van der Waals surface area contributed by atoms with Crippen LogP contribution >= 0.6 is 0 Å². The van der Waals surface area contributed by atoms with E-state index in [1.54, 1.807) is 0 Å². The first-order valence-corrected chi connectivity index (χ1v) is 9.34. The molecule has 198 valence electrons. The van der Waals surface area contributed by atoms with Gasteiger partial charge in [-0.05, 0) is 27.7 Å². The highest BCUT2D eigenvalue weighted by atomic mass is 32.2. The maximum absolute atomic E-state index is 14.6. The Morgan fingerprint density at radius 2 is 1.12 bits per heavy atom. The predicted octanol–water partition coefficient (Wildman–Crippen LogP) is 4.80. The number of hydrogen-bond donors (Lipinski definition) is 1. The van der Waals surface area contributed by atoms with E-state index in [2.05, 4.69) is 9.47 Å². The molecule has 0 aliphatic heterocycles. The normalized spacial score (nSPS) is 33.4. The third-order valence-corrected chi connectivity index (χ3v) is 4.88. The summed E-state index contributed by atoms with van der Waals surface area (Å²) in [6.07, 6.45) is -14.7. The fourth-order valence-corrected chi connectivity index (χ4v) is 2.72. The molecule has 0 aromatic heterocycles. The lowest BCUT2D eigenvalue weighted by molar-refractivity contribution is -0.601. The lowest BCUT2D eigenvalue weighted by atomic mass is 9.67. The molecule has 4 atom stereocenters. The van der Waals surface area contributed by atoms with Crippen molar-refractivity contribution in [3.63, 3.8) is 0 Å². The zero-order valence-corrected chi connectivity index (χ0v) is 17.1. The maximum atomic E-state index is 14.6. The second-order valence-electron chi connectivity index (χ2n) is 7.73. The molecule has 1 saturated carbocycles. The van der Waals surface area contributed by atoms with E-state index in [4.69, 9.17) is 4.55 Å². The van der Waals surface area contributed by atoms with Gasteiger partial charge in [-0.15, -0.1) is 0 Å². The third kappa shape index (κ3) is 4.04. The summed E-state index contributed by atoms with van der Waals surface area (Å²) < 4.78 is 214. The van der Waals surface area contributed by atoms with Crippen LogP contribution in [0.1, 0.15) is 27.7 Å². The van der Waals surface area contributed by atoms with Crippen molar-refractivity contribution in [2.24, 2.45) is 0 Å². The Kier molecular flexibility index (Phi) is 6.53. The Balaban J connectivity index is 3.61. The molecule has 1 N–H and O–H groups in total. The summed E-state index contributed by atoms with van der Waals surface area (Å²) in [6, 6.07) is -7.18. The highest BCUT2D eigenvalue weighted by Gasteiger charge is 2.99. The smallest absolute Gasteiger partial charge is 0.333 e. The number of hydrogen-bond acceptors (Lipinski definition) is 5. The van der Waals surface area contributed by atoms with Crippen molar-refractivity contribution in [1.82, 2.24) is 0 Å². The lowest BCUT2D eigenvalue weighted by Crippen LogP contribution is -2.89. The Labute approximate surface area is 175 Å². The fraction of sp³-hybridized carbons (Fsp3) is 1.00. The first-order valence-electron chi connectivity index (χ1n) is 7.90. The molecular weight excluding hydrogens is 531 g/mol. The molecular formula is C13H13F13O6S. The van der Waals surface area contributed by atoms with Crippen molar-refractivity contribution in [2.75, 3.05) is 0 Å². The second-order valence-corrected chi connectivity index (χ2v) is 9.19. The Morgan fingerprint density at radius 1 is 0.758 bits per heavy atom. The van der Waals surface area contributed by atoms with Gasteiger partial charge < -0.3 is 4.74 Å². The molecule has 0 aromatic rings. The van der Waals surface area contributed by atoms with Gasteiger partial charge in [0.05, 0.1) is 5.60 Å². The summed E-state index contributed by atoms with van der Waals surface area (Å²) in [4.78, 5) is 0. The molecule has 0 radical (unpaired) electrons. The third-order valence-electron chi connectivity index (χ3n) is 4.00. The molecule has 1 fully saturated rings. The summed E-state index contributed by atoms with van der Waals surface area (Å²) in [7, 11) is -7.39. The van der Waals surface area contributed by atoms with Gasteiger partial charge >= 0.3 is 51.3 Å². The van der Waals surface area contributed by atoms with E-state index in [9.17, 15) is 65.5 Å². The summed E-state index contributed by atoms with van der Waals surface area (Å²) in [5, 5.41) is -7.12. The topological polar surface area (TPSA) is 82.1 Å². The van der Waals surface area contributed by atoms with Crippen LogP contribution in [0.25, 0.3) is 0 Å². The zero-order valence-electron chi connectivity index (χ0n) is 16.3. The zero-order chi connectivity index (χ0) is 27.1. The number of alkyl halides is 13. The van der Waals surface area contributed by atoms with Gasteiger partial charge in [0.1, 0.15) is 0 Å². The summed E-state index contributed by atoms with van der Waals surface area (Å²) in [5.41, 5.74) is -7.30. The van der Waals surface area contributed by atoms with Gasteiger partial charge in [-0.25, -0.2) is 17.9 Å². The Hall–Kier alpha value is -1.12. The van der Waals surface area contributed by atoms with Crippen molar-refractivity contribution >= 4 is 10.1 Å². The molecule has 0 spiro atoms. The van der Waals surface area contributed by atoms with Crippen LogP contribution in [0.4, 0.5) is 57.1 Å². The minimum absolute atomic E-state index is 0.613. The van der Waals surface area contributed by atoms with E-state index in [-0.39, 0.29) is 0 Å². The number of ether oxygens (including phenoxy) is 3. The molecule has 33 heavy (non-hydrogen) atoms. The number of halogens is 13. The lowest BCUT2D eigenvalue weighted by Gasteiger charge is -2.61. The van der Waals surface area contributed by atoms with E-state index < -0.39 is 69.5 Å². The first kappa shape index (κ1) is 29.9. The van der Waals surface area contributed by atoms with E-state index in [1.165, 1.54) is 0 Å². The van der Waals surface area contributed by atoms with Crippen LogP contribution in [0, 0.1) is 0 Å². The molecule has 0 amide bonds. The standard InChI is InChI=1S/C13H13F13O6S/c1-5(2,3)30-8(17)6(4,14)9(18,7(8,15)16)31-13(26,10(19,20)21)32-11(22,23)12(24,25)33(27,28)29/h1-4H3,(H,27,28,29). The highest BCUT2D eigenvalue weighted by molar-refractivity contribution is 7.86. The Morgan fingerprint density at radius 3 is 1.39 bits per heavy atom. The van der Waals surface area contributed by atoms with Crippen molar-refractivity contribution in [3.05, 3.63) is 0 Å². The van der Waals surface area contributed by atoms with E-state index in [0.29, 0.717) is 0 Å². The van der Waals surface area contributed by atoms with Crippen molar-refractivity contribution in [1.29, 1.82) is 0 Å². The van der Waals surface area contributed by atoms with Crippen LogP contribution < -0.4 is 0 Å². The van der Waals surface area contributed by atoms with Crippen LogP contribution in [0.2, 0.25) is 0 Å². The first-order chi connectivity index (χ1) is 13.9. The molecule has 20 heteroatoms. The van der Waals surface area contributed by atoms with E-state index in [1.807, 2.05) is 4.74 Å². The predicted molar refractivity (Wildman–Crippen MR) is 76.5 cm³/mol. The van der Waals surface area contributed by atoms with Crippen LogP contribution in [-0.4, -0.2) is 65.5 Å². The monoisotopic (exact) mass is 544 g/mol. The molecule has 0 bridgehead atoms. The summed E-state index contributed by atoms with van der Waals surface area (Å²) in [6.45, 7) is 1.67. The molecule has 0 heterocycles. The van der Waals surface area contributed by atoms with Crippen molar-refractivity contribution < 1.29 is 84.3 Å². The van der Waals surface area contributed by atoms with Gasteiger partial charge in [0.15, 0.2) is 0 Å². The van der Waals surface area contributed by atoms with Gasteiger partial charge in [0.2, 0.25) is 5.67 Å². The van der Waals surface area contributed by atoms with Gasteiger partial charge in [0, 0.05) is 0 Å². The molecule has 4 unspecified atom stereocenters. The van der Waals surface area contributed by atoms with Crippen LogP contribution in [0.3, 0.4) is 0 Å². The largest absolute Gasteiger partial charge is 0.478 e. The summed E-state index contributed by atoms with van der Waals surface area (Å²) >= 11 is 0. The van der Waals surface area contributed by atoms with Crippen molar-refractivity contribution in [2.45, 2.75) is 80.2 Å². The van der Waals surface area contributed by atoms with E-state index in [0.717, 1.165) is 20.8 Å². The fourth-order valence-electron chi connectivity index (χ4n) is 2.37. The van der Waals surface area contributed by atoms with Crippen LogP contribution in [-0.2, 0) is 24.3 Å². The van der Waals surface area contributed by atoms with E-state index >= 15 is 0 Å². The quantitative estimate of drug-likeness (QED) is 0.282. The Bertz CT molecular complexity index is 862. The van der Waals surface area contributed by atoms with Gasteiger partial charge in [0.25, 0.3) is 0 Å². The van der Waals surface area contributed by atoms with Crippen molar-refractivity contribution in [3.8, 4) is 0 Å². The maximum Gasteiger partial charge on any atom is 0.478 e. The minimum atomic E-state index is -7.39. The molecule has 0 saturated heterocycles. The SMILES string of the molecule is CC(C)(C)OC1(F)C(C)(F)C(F)(OC(F)(OC(F)(F)C(F)(F)S(=O)(=O)O)C(F)(F)F)C1(F)F. The highest BCUT2D eigenvalue weighted by Crippen LogP contribution is 2.70. The summed E-state index contributed by atoms with van der Waals surface area (Å²) in [5.74, 6) is -17.8. The van der Waals surface area contributed by atoms with Crippen LogP contribution in [0.5, 0.6) is 0 Å². The molecule has 0 aromatic carbocycles. The molecule has 6 nitrogen and oxygen atoms in total. The molecule has 1 rings (SSSR count). The molecule has 1 aliphatic rings.